The van der Waals surface area contributed by atoms with Gasteiger partial charge < -0.3 is 0 Å². The zero-order valence-electron chi connectivity index (χ0n) is 26.4. The molecule has 2 heteroatoms. The highest BCUT2D eigenvalue weighted by Gasteiger charge is 2.37. The number of benzene rings is 7. The van der Waals surface area contributed by atoms with Crippen LogP contribution < -0.4 is 0 Å². The topological polar surface area (TPSA) is 25.8 Å². The molecule has 0 radical (unpaired) electrons. The van der Waals surface area contributed by atoms with Gasteiger partial charge in [-0.1, -0.05) is 153 Å². The molecule has 0 saturated carbocycles. The fourth-order valence-electron chi connectivity index (χ4n) is 7.61. The minimum Gasteiger partial charge on any atom is -0.228 e. The summed E-state index contributed by atoms with van der Waals surface area (Å²) in [6.07, 6.45) is 0. The minimum atomic E-state index is -0.0758. The summed E-state index contributed by atoms with van der Waals surface area (Å²) >= 11 is 0. The van der Waals surface area contributed by atoms with Crippen molar-refractivity contribution >= 4 is 21.5 Å². The summed E-state index contributed by atoms with van der Waals surface area (Å²) in [6.45, 7) is 4.72. The van der Waals surface area contributed by atoms with Crippen molar-refractivity contribution in [3.8, 4) is 56.2 Å². The van der Waals surface area contributed by atoms with Crippen LogP contribution in [0.15, 0.2) is 158 Å². The van der Waals surface area contributed by atoms with Crippen LogP contribution in [-0.4, -0.2) is 9.97 Å². The standard InChI is InChI=1S/C45H32N2/c1-45(2)40-26-22-32(27-39(40)37-23-21-29-13-9-10-18-34(29)43(37)45)33-24-25-38(36-20-12-11-19-35(33)36)44-46-41(30-14-5-3-6-15-30)28-42(47-44)31-16-7-4-8-17-31/h3-28H,1-2H3. The Morgan fingerprint density at radius 3 is 1.64 bits per heavy atom. The summed E-state index contributed by atoms with van der Waals surface area (Å²) in [4.78, 5) is 10.3. The lowest BCUT2D eigenvalue weighted by Crippen LogP contribution is -2.15. The van der Waals surface area contributed by atoms with Gasteiger partial charge in [0, 0.05) is 22.1 Å². The van der Waals surface area contributed by atoms with Crippen molar-refractivity contribution in [1.82, 2.24) is 9.97 Å². The van der Waals surface area contributed by atoms with Gasteiger partial charge in [0.05, 0.1) is 11.4 Å². The Labute approximate surface area is 275 Å². The van der Waals surface area contributed by atoms with E-state index in [1.807, 2.05) is 12.1 Å². The van der Waals surface area contributed by atoms with Crippen LogP contribution in [0.3, 0.4) is 0 Å². The fourth-order valence-corrected chi connectivity index (χ4v) is 7.61. The summed E-state index contributed by atoms with van der Waals surface area (Å²) in [5, 5.41) is 4.97. The van der Waals surface area contributed by atoms with Gasteiger partial charge in [0.25, 0.3) is 0 Å². The SMILES string of the molecule is CC1(C)c2ccc(-c3ccc(-c4nc(-c5ccccc5)cc(-c5ccccc5)n4)c4ccccc34)cc2-c2ccc3ccccc3c21. The first-order valence-electron chi connectivity index (χ1n) is 16.3. The molecule has 2 nitrogen and oxygen atoms in total. The highest BCUT2D eigenvalue weighted by Crippen LogP contribution is 2.52. The van der Waals surface area contributed by atoms with Gasteiger partial charge in [-0.3, -0.25) is 0 Å². The number of nitrogens with zero attached hydrogens (tertiary/aromatic N) is 2. The van der Waals surface area contributed by atoms with Crippen LogP contribution in [0.2, 0.25) is 0 Å². The molecule has 0 saturated heterocycles. The van der Waals surface area contributed by atoms with Crippen molar-refractivity contribution < 1.29 is 0 Å². The Hall–Kier alpha value is -5.86. The second-order valence-electron chi connectivity index (χ2n) is 13.0. The summed E-state index contributed by atoms with van der Waals surface area (Å²) in [5.74, 6) is 0.726. The number of aromatic nitrogens is 2. The second-order valence-corrected chi connectivity index (χ2v) is 13.0. The third-order valence-corrected chi connectivity index (χ3v) is 9.88. The van der Waals surface area contributed by atoms with E-state index in [4.69, 9.17) is 9.97 Å². The molecule has 47 heavy (non-hydrogen) atoms. The van der Waals surface area contributed by atoms with Crippen molar-refractivity contribution in [2.75, 3.05) is 0 Å². The molecule has 0 aliphatic heterocycles. The van der Waals surface area contributed by atoms with Gasteiger partial charge in [0.15, 0.2) is 5.82 Å². The molecule has 9 rings (SSSR count). The molecule has 0 atom stereocenters. The van der Waals surface area contributed by atoms with Crippen LogP contribution in [0, 0.1) is 0 Å². The molecule has 1 aromatic heterocycles. The lowest BCUT2D eigenvalue weighted by Gasteiger charge is -2.23. The monoisotopic (exact) mass is 600 g/mol. The maximum atomic E-state index is 5.15. The number of hydrogen-bond acceptors (Lipinski definition) is 2. The molecule has 1 aliphatic rings. The number of hydrogen-bond donors (Lipinski definition) is 0. The van der Waals surface area contributed by atoms with E-state index in [0.717, 1.165) is 39.3 Å². The minimum absolute atomic E-state index is 0.0758. The predicted octanol–water partition coefficient (Wildman–Crippen LogP) is 11.8. The smallest absolute Gasteiger partial charge is 0.161 e. The predicted molar refractivity (Wildman–Crippen MR) is 196 cm³/mol. The molecule has 0 spiro atoms. The molecule has 1 aliphatic carbocycles. The molecule has 0 fully saturated rings. The third kappa shape index (κ3) is 4.40. The molecule has 0 amide bonds. The Morgan fingerprint density at radius 2 is 0.957 bits per heavy atom. The van der Waals surface area contributed by atoms with E-state index in [-0.39, 0.29) is 5.41 Å². The number of rotatable bonds is 4. The first-order chi connectivity index (χ1) is 23.1. The lowest BCUT2D eigenvalue weighted by molar-refractivity contribution is 0.666. The van der Waals surface area contributed by atoms with E-state index in [2.05, 4.69) is 159 Å². The van der Waals surface area contributed by atoms with E-state index < -0.39 is 0 Å². The summed E-state index contributed by atoms with van der Waals surface area (Å²) < 4.78 is 0. The molecular weight excluding hydrogens is 569 g/mol. The highest BCUT2D eigenvalue weighted by atomic mass is 14.9. The van der Waals surface area contributed by atoms with Crippen LogP contribution in [-0.2, 0) is 5.41 Å². The van der Waals surface area contributed by atoms with Gasteiger partial charge in [-0.15, -0.1) is 0 Å². The summed E-state index contributed by atoms with van der Waals surface area (Å²) in [7, 11) is 0. The van der Waals surface area contributed by atoms with Crippen molar-refractivity contribution in [2.45, 2.75) is 19.3 Å². The van der Waals surface area contributed by atoms with E-state index in [0.29, 0.717) is 0 Å². The molecular formula is C45H32N2. The molecule has 7 aromatic carbocycles. The number of fused-ring (bicyclic) bond motifs is 6. The van der Waals surface area contributed by atoms with Gasteiger partial charge in [-0.25, -0.2) is 9.97 Å². The highest BCUT2D eigenvalue weighted by molar-refractivity contribution is 6.05. The van der Waals surface area contributed by atoms with Crippen molar-refractivity contribution in [3.63, 3.8) is 0 Å². The van der Waals surface area contributed by atoms with E-state index in [9.17, 15) is 0 Å². The van der Waals surface area contributed by atoms with Gasteiger partial charge in [-0.05, 0) is 73.1 Å². The molecule has 0 N–H and O–H groups in total. The van der Waals surface area contributed by atoms with Gasteiger partial charge in [0.2, 0.25) is 0 Å². The quantitative estimate of drug-likeness (QED) is 0.201. The van der Waals surface area contributed by atoms with Crippen LogP contribution in [0.25, 0.3) is 77.7 Å². The largest absolute Gasteiger partial charge is 0.228 e. The van der Waals surface area contributed by atoms with E-state index in [1.54, 1.807) is 0 Å². The molecule has 0 unspecified atom stereocenters. The van der Waals surface area contributed by atoms with Crippen molar-refractivity contribution in [1.29, 1.82) is 0 Å². The van der Waals surface area contributed by atoms with Gasteiger partial charge in [-0.2, -0.15) is 0 Å². The Balaban J connectivity index is 1.22. The van der Waals surface area contributed by atoms with Gasteiger partial charge in [0.1, 0.15) is 0 Å². The zero-order chi connectivity index (χ0) is 31.5. The Kier molecular flexibility index (Phi) is 6.20. The van der Waals surface area contributed by atoms with E-state index >= 15 is 0 Å². The van der Waals surface area contributed by atoms with Gasteiger partial charge >= 0.3 is 0 Å². The average molecular weight is 601 g/mol. The normalized spacial score (nSPS) is 13.1. The molecule has 0 bridgehead atoms. The molecule has 1 heterocycles. The molecule has 222 valence electrons. The van der Waals surface area contributed by atoms with Crippen LogP contribution in [0.1, 0.15) is 25.0 Å². The maximum absolute atomic E-state index is 5.15. The zero-order valence-corrected chi connectivity index (χ0v) is 26.4. The fraction of sp³-hybridized carbons (Fsp3) is 0.0667. The first-order valence-corrected chi connectivity index (χ1v) is 16.3. The van der Waals surface area contributed by atoms with E-state index in [1.165, 1.54) is 49.5 Å². The van der Waals surface area contributed by atoms with Crippen molar-refractivity contribution in [2.24, 2.45) is 0 Å². The molecule has 8 aromatic rings. The van der Waals surface area contributed by atoms with Crippen molar-refractivity contribution in [3.05, 3.63) is 169 Å². The lowest BCUT2D eigenvalue weighted by atomic mass is 9.80. The average Bonchev–Trinajstić information content (AvgIpc) is 3.37. The van der Waals surface area contributed by atoms with Crippen LogP contribution in [0.4, 0.5) is 0 Å². The summed E-state index contributed by atoms with van der Waals surface area (Å²) in [6, 6.07) is 56.4. The Bertz CT molecular complexity index is 2420. The third-order valence-electron chi connectivity index (χ3n) is 9.88. The first kappa shape index (κ1) is 27.5. The maximum Gasteiger partial charge on any atom is 0.161 e. The second kappa shape index (κ2) is 10.6. The summed E-state index contributed by atoms with van der Waals surface area (Å²) in [5.41, 5.74) is 12.8. The van der Waals surface area contributed by atoms with Crippen LogP contribution in [0.5, 0.6) is 0 Å². The van der Waals surface area contributed by atoms with Crippen LogP contribution >= 0.6 is 0 Å². The Morgan fingerprint density at radius 1 is 0.404 bits per heavy atom.